The van der Waals surface area contributed by atoms with E-state index in [0.717, 1.165) is 52.2 Å². The predicted octanol–water partition coefficient (Wildman–Crippen LogP) is -0.107. The maximum absolute atomic E-state index is 12.1. The lowest BCUT2D eigenvalue weighted by molar-refractivity contribution is -0.164. The lowest BCUT2D eigenvalue weighted by Gasteiger charge is -2.29. The van der Waals surface area contributed by atoms with Gasteiger partial charge in [-0.25, -0.2) is 0 Å². The summed E-state index contributed by atoms with van der Waals surface area (Å²) >= 11 is 0. The van der Waals surface area contributed by atoms with Crippen molar-refractivity contribution < 1.29 is 14.3 Å². The van der Waals surface area contributed by atoms with Gasteiger partial charge in [-0.1, -0.05) is 0 Å². The molecule has 2 fully saturated rings. The van der Waals surface area contributed by atoms with Crippen molar-refractivity contribution in [2.45, 2.75) is 25.6 Å². The summed E-state index contributed by atoms with van der Waals surface area (Å²) in [5.41, 5.74) is 0. The fourth-order valence-corrected chi connectivity index (χ4v) is 2.51. The van der Waals surface area contributed by atoms with Gasteiger partial charge < -0.3 is 19.7 Å². The molecule has 0 aromatic heterocycles. The Labute approximate surface area is 121 Å². The molecule has 2 rings (SSSR count). The van der Waals surface area contributed by atoms with Crippen LogP contribution < -0.4 is 5.32 Å². The first kappa shape index (κ1) is 15.7. The van der Waals surface area contributed by atoms with Crippen molar-refractivity contribution >= 4 is 5.91 Å². The van der Waals surface area contributed by atoms with Crippen LogP contribution in [0.4, 0.5) is 0 Å². The zero-order chi connectivity index (χ0) is 14.2. The summed E-state index contributed by atoms with van der Waals surface area (Å²) < 4.78 is 11.2. The Hall–Kier alpha value is -0.690. The molecule has 0 aromatic rings. The number of piperazine rings is 1. The molecule has 2 aliphatic heterocycles. The average Bonchev–Trinajstić information content (AvgIpc) is 2.49. The van der Waals surface area contributed by atoms with Crippen molar-refractivity contribution in [1.82, 2.24) is 15.1 Å². The number of carbonyl (C=O) groups is 1. The summed E-state index contributed by atoms with van der Waals surface area (Å²) in [5.74, 6) is 0.211. The lowest BCUT2D eigenvalue weighted by atomic mass is 10.2. The molecule has 0 bridgehead atoms. The second kappa shape index (κ2) is 8.56. The predicted molar refractivity (Wildman–Crippen MR) is 76.5 cm³/mol. The van der Waals surface area contributed by atoms with Crippen molar-refractivity contribution in [2.75, 3.05) is 59.5 Å². The van der Waals surface area contributed by atoms with E-state index in [1.807, 2.05) is 16.8 Å². The molecule has 0 aromatic carbocycles. The topological polar surface area (TPSA) is 54.0 Å². The van der Waals surface area contributed by atoms with E-state index in [2.05, 4.69) is 5.32 Å². The van der Waals surface area contributed by atoms with E-state index in [-0.39, 0.29) is 12.2 Å². The quantitative estimate of drug-likeness (QED) is 0.738. The maximum Gasteiger partial charge on any atom is 0.236 e. The molecule has 0 spiro atoms. The number of ether oxygens (including phenoxy) is 2. The molecule has 1 amide bonds. The van der Waals surface area contributed by atoms with Crippen LogP contribution in [0.5, 0.6) is 0 Å². The number of hydrogen-bond acceptors (Lipinski definition) is 5. The molecular formula is C14H27N3O3. The molecule has 20 heavy (non-hydrogen) atoms. The van der Waals surface area contributed by atoms with Crippen LogP contribution in [0.2, 0.25) is 0 Å². The van der Waals surface area contributed by atoms with Gasteiger partial charge in [0.2, 0.25) is 5.91 Å². The fraction of sp³-hybridized carbons (Fsp3) is 0.929. The van der Waals surface area contributed by atoms with Gasteiger partial charge >= 0.3 is 0 Å². The van der Waals surface area contributed by atoms with Gasteiger partial charge in [0, 0.05) is 39.3 Å². The number of likely N-dealkylation sites (N-methyl/N-ethyl adjacent to an activating group) is 1. The molecule has 2 aliphatic rings. The maximum atomic E-state index is 12.1. The molecule has 2 heterocycles. The number of rotatable bonds is 6. The van der Waals surface area contributed by atoms with Crippen LogP contribution in [-0.4, -0.2) is 81.5 Å². The molecular weight excluding hydrogens is 258 g/mol. The highest BCUT2D eigenvalue weighted by Gasteiger charge is 2.18. The van der Waals surface area contributed by atoms with Gasteiger partial charge in [0.05, 0.1) is 13.2 Å². The van der Waals surface area contributed by atoms with Crippen LogP contribution in [-0.2, 0) is 14.3 Å². The lowest BCUT2D eigenvalue weighted by Crippen LogP contribution is -2.49. The number of hydrogen-bond donors (Lipinski definition) is 1. The first-order valence-electron chi connectivity index (χ1n) is 7.66. The molecule has 1 atom stereocenters. The molecule has 2 saturated heterocycles. The van der Waals surface area contributed by atoms with E-state index >= 15 is 0 Å². The summed E-state index contributed by atoms with van der Waals surface area (Å²) in [5, 5.41) is 3.25. The minimum absolute atomic E-state index is 0.0407. The van der Waals surface area contributed by atoms with Gasteiger partial charge in [-0.3, -0.25) is 9.69 Å². The molecule has 116 valence electrons. The van der Waals surface area contributed by atoms with Gasteiger partial charge in [0.25, 0.3) is 0 Å². The number of amides is 1. The van der Waals surface area contributed by atoms with Gasteiger partial charge in [-0.2, -0.15) is 0 Å². The first-order chi connectivity index (χ1) is 9.75. The van der Waals surface area contributed by atoms with E-state index < -0.39 is 0 Å². The Morgan fingerprint density at radius 1 is 1.40 bits per heavy atom. The summed E-state index contributed by atoms with van der Waals surface area (Å²) in [4.78, 5) is 16.0. The highest BCUT2D eigenvalue weighted by Crippen LogP contribution is 2.13. The largest absolute Gasteiger partial charge is 0.353 e. The summed E-state index contributed by atoms with van der Waals surface area (Å²) in [6.07, 6.45) is 3.27. The van der Waals surface area contributed by atoms with Crippen LogP contribution in [0, 0.1) is 0 Å². The smallest absolute Gasteiger partial charge is 0.236 e. The molecule has 1 N–H and O–H groups in total. The van der Waals surface area contributed by atoms with E-state index in [9.17, 15) is 4.79 Å². The molecule has 6 heteroatoms. The van der Waals surface area contributed by atoms with Gasteiger partial charge in [-0.15, -0.1) is 0 Å². The molecule has 0 aliphatic carbocycles. The van der Waals surface area contributed by atoms with Crippen LogP contribution in [0.1, 0.15) is 19.3 Å². The van der Waals surface area contributed by atoms with Gasteiger partial charge in [0.15, 0.2) is 6.29 Å². The highest BCUT2D eigenvalue weighted by atomic mass is 16.7. The third-order valence-corrected chi connectivity index (χ3v) is 3.79. The number of carbonyl (C=O) groups excluding carboxylic acids is 1. The SMILES string of the molecule is CN(CCOC1CCCCO1)CC(=O)N1CCNCC1. The Kier molecular flexibility index (Phi) is 6.72. The molecule has 0 saturated carbocycles. The summed E-state index contributed by atoms with van der Waals surface area (Å²) in [6.45, 7) is 6.10. The molecule has 0 radical (unpaired) electrons. The van der Waals surface area contributed by atoms with Gasteiger partial charge in [0.1, 0.15) is 0 Å². The Bertz CT molecular complexity index is 289. The first-order valence-corrected chi connectivity index (χ1v) is 7.66. The van der Waals surface area contributed by atoms with Crippen molar-refractivity contribution in [2.24, 2.45) is 0 Å². The second-order valence-electron chi connectivity index (χ2n) is 5.54. The molecule has 6 nitrogen and oxygen atoms in total. The average molecular weight is 285 g/mol. The van der Waals surface area contributed by atoms with Crippen molar-refractivity contribution in [1.29, 1.82) is 0 Å². The van der Waals surface area contributed by atoms with Crippen LogP contribution >= 0.6 is 0 Å². The number of nitrogens with one attached hydrogen (secondary N) is 1. The molecule has 1 unspecified atom stereocenters. The standard InChI is InChI=1S/C14H27N3O3/c1-16(9-11-20-14-4-2-3-10-19-14)12-13(18)17-7-5-15-6-8-17/h14-15H,2-12H2,1H3. The minimum Gasteiger partial charge on any atom is -0.353 e. The Morgan fingerprint density at radius 3 is 2.90 bits per heavy atom. The zero-order valence-corrected chi connectivity index (χ0v) is 12.5. The number of nitrogens with zero attached hydrogens (tertiary/aromatic N) is 2. The van der Waals surface area contributed by atoms with E-state index in [0.29, 0.717) is 13.2 Å². The van der Waals surface area contributed by atoms with Gasteiger partial charge in [-0.05, 0) is 26.3 Å². The second-order valence-corrected chi connectivity index (χ2v) is 5.54. The van der Waals surface area contributed by atoms with Crippen molar-refractivity contribution in [3.05, 3.63) is 0 Å². The van der Waals surface area contributed by atoms with E-state index in [1.165, 1.54) is 6.42 Å². The van der Waals surface area contributed by atoms with Crippen LogP contribution in [0.3, 0.4) is 0 Å². The van der Waals surface area contributed by atoms with E-state index in [4.69, 9.17) is 9.47 Å². The normalized spacial score (nSPS) is 24.1. The summed E-state index contributed by atoms with van der Waals surface area (Å²) in [7, 11) is 1.96. The van der Waals surface area contributed by atoms with E-state index in [1.54, 1.807) is 0 Å². The minimum atomic E-state index is -0.0407. The zero-order valence-electron chi connectivity index (χ0n) is 12.5. The van der Waals surface area contributed by atoms with Crippen molar-refractivity contribution in [3.8, 4) is 0 Å². The Balaban J connectivity index is 1.57. The summed E-state index contributed by atoms with van der Waals surface area (Å²) in [6, 6.07) is 0. The highest BCUT2D eigenvalue weighted by molar-refractivity contribution is 5.78. The third-order valence-electron chi connectivity index (χ3n) is 3.79. The monoisotopic (exact) mass is 285 g/mol. The van der Waals surface area contributed by atoms with Crippen LogP contribution in [0.25, 0.3) is 0 Å². The van der Waals surface area contributed by atoms with Crippen molar-refractivity contribution in [3.63, 3.8) is 0 Å². The Morgan fingerprint density at radius 2 is 2.20 bits per heavy atom. The fourth-order valence-electron chi connectivity index (χ4n) is 2.51. The third kappa shape index (κ3) is 5.36. The van der Waals surface area contributed by atoms with Crippen LogP contribution in [0.15, 0.2) is 0 Å².